The lowest BCUT2D eigenvalue weighted by Crippen LogP contribution is -2.35. The molecule has 2 aromatic rings. The Morgan fingerprint density at radius 2 is 2.05 bits per heavy atom. The highest BCUT2D eigenvalue weighted by atomic mass is 16.4. The molecule has 1 amide bonds. The molecular weight excluding hydrogens is 292 g/mol. The van der Waals surface area contributed by atoms with Crippen LogP contribution in [-0.4, -0.2) is 32.1 Å². The fourth-order valence-corrected chi connectivity index (χ4v) is 2.36. The Balaban J connectivity index is 2.07. The van der Waals surface area contributed by atoms with Crippen molar-refractivity contribution < 1.29 is 9.90 Å². The molecule has 116 valence electrons. The quantitative estimate of drug-likeness (QED) is 0.699. The van der Waals surface area contributed by atoms with Gasteiger partial charge in [0.15, 0.2) is 0 Å². The summed E-state index contributed by atoms with van der Waals surface area (Å²) in [5, 5.41) is 13.2. The molecule has 0 bridgehead atoms. The van der Waals surface area contributed by atoms with Gasteiger partial charge in [0.1, 0.15) is 0 Å². The Morgan fingerprint density at radius 3 is 2.68 bits per heavy atom. The summed E-state index contributed by atoms with van der Waals surface area (Å²) in [5.41, 5.74) is -1.32. The summed E-state index contributed by atoms with van der Waals surface area (Å²) in [7, 11) is 0. The zero-order valence-corrected chi connectivity index (χ0v) is 11.5. The molecule has 0 aliphatic heterocycles. The minimum atomic E-state index is -1.22. The van der Waals surface area contributed by atoms with Gasteiger partial charge in [-0.15, -0.1) is 0 Å². The van der Waals surface area contributed by atoms with Crippen molar-refractivity contribution in [2.75, 3.05) is 6.54 Å². The van der Waals surface area contributed by atoms with Crippen molar-refractivity contribution in [3.63, 3.8) is 0 Å². The van der Waals surface area contributed by atoms with E-state index in [1.807, 2.05) is 0 Å². The average molecular weight is 306 g/mol. The number of carbonyl (C=O) groups is 1. The Hall–Kier alpha value is -2.84. The van der Waals surface area contributed by atoms with Crippen LogP contribution in [0.15, 0.2) is 26.6 Å². The van der Waals surface area contributed by atoms with Crippen LogP contribution in [0.3, 0.4) is 0 Å². The summed E-state index contributed by atoms with van der Waals surface area (Å²) < 4.78 is 2.48. The number of pyridine rings is 1. The third kappa shape index (κ3) is 2.52. The van der Waals surface area contributed by atoms with Crippen molar-refractivity contribution in [2.24, 2.45) is 0 Å². The third-order valence-electron chi connectivity index (χ3n) is 3.59. The van der Waals surface area contributed by atoms with Crippen molar-refractivity contribution in [2.45, 2.75) is 25.4 Å². The van der Waals surface area contributed by atoms with Crippen LogP contribution in [0.4, 0.5) is 4.79 Å². The summed E-state index contributed by atoms with van der Waals surface area (Å²) in [6.45, 7) is -0.0577. The molecule has 0 saturated heterocycles. The van der Waals surface area contributed by atoms with E-state index >= 15 is 0 Å². The Morgan fingerprint density at radius 1 is 1.32 bits per heavy atom. The minimum Gasteiger partial charge on any atom is -0.465 e. The van der Waals surface area contributed by atoms with Gasteiger partial charge in [-0.3, -0.25) is 19.5 Å². The van der Waals surface area contributed by atoms with Crippen molar-refractivity contribution in [3.05, 3.63) is 43.3 Å². The number of hydrogen-bond donors (Lipinski definition) is 3. The summed E-state index contributed by atoms with van der Waals surface area (Å²) in [4.78, 5) is 46.8. The van der Waals surface area contributed by atoms with Gasteiger partial charge >= 0.3 is 6.09 Å². The molecule has 22 heavy (non-hydrogen) atoms. The number of aromatic nitrogens is 3. The van der Waals surface area contributed by atoms with E-state index in [0.717, 1.165) is 17.5 Å². The fraction of sp³-hybridized carbons (Fsp3) is 0.385. The summed E-state index contributed by atoms with van der Waals surface area (Å²) >= 11 is 0. The van der Waals surface area contributed by atoms with Gasteiger partial charge in [0.25, 0.3) is 16.7 Å². The third-order valence-corrected chi connectivity index (χ3v) is 3.59. The Bertz CT molecular complexity index is 919. The molecule has 9 nitrogen and oxygen atoms in total. The lowest BCUT2D eigenvalue weighted by atomic mass is 10.2. The predicted molar refractivity (Wildman–Crippen MR) is 77.4 cm³/mol. The molecule has 2 aromatic heterocycles. The van der Waals surface area contributed by atoms with Crippen molar-refractivity contribution >= 4 is 16.9 Å². The van der Waals surface area contributed by atoms with E-state index in [0.29, 0.717) is 0 Å². The second-order valence-electron chi connectivity index (χ2n) is 5.21. The topological polar surface area (TPSA) is 126 Å². The molecule has 1 saturated carbocycles. The molecule has 0 aromatic carbocycles. The van der Waals surface area contributed by atoms with Crippen LogP contribution in [0.5, 0.6) is 0 Å². The first-order valence-electron chi connectivity index (χ1n) is 6.83. The first-order valence-corrected chi connectivity index (χ1v) is 6.83. The average Bonchev–Trinajstić information content (AvgIpc) is 3.28. The maximum Gasteiger partial charge on any atom is 0.404 e. The molecule has 0 spiro atoms. The number of nitrogens with one attached hydrogen (secondary N) is 2. The molecule has 1 aliphatic rings. The zero-order chi connectivity index (χ0) is 15.9. The van der Waals surface area contributed by atoms with Crippen LogP contribution in [0.1, 0.15) is 18.9 Å². The highest BCUT2D eigenvalue weighted by Gasteiger charge is 2.25. The molecule has 3 N–H and O–H groups in total. The molecule has 1 fully saturated rings. The van der Waals surface area contributed by atoms with Crippen molar-refractivity contribution in [3.8, 4) is 0 Å². The number of aromatic amines is 1. The van der Waals surface area contributed by atoms with Gasteiger partial charge in [-0.2, -0.15) is 0 Å². The molecule has 0 atom stereocenters. The molecular formula is C13H14N4O5. The van der Waals surface area contributed by atoms with Crippen LogP contribution >= 0.6 is 0 Å². The smallest absolute Gasteiger partial charge is 0.404 e. The van der Waals surface area contributed by atoms with Gasteiger partial charge in [-0.1, -0.05) is 0 Å². The molecule has 3 rings (SSSR count). The Kier molecular flexibility index (Phi) is 3.32. The van der Waals surface area contributed by atoms with E-state index in [9.17, 15) is 19.2 Å². The van der Waals surface area contributed by atoms with Gasteiger partial charge in [0, 0.05) is 24.8 Å². The van der Waals surface area contributed by atoms with Crippen LogP contribution in [0.25, 0.3) is 10.8 Å². The minimum absolute atomic E-state index is 0.0258. The number of H-pyrrole nitrogens is 1. The van der Waals surface area contributed by atoms with Gasteiger partial charge in [-0.25, -0.2) is 9.48 Å². The van der Waals surface area contributed by atoms with Crippen LogP contribution in [-0.2, 0) is 6.54 Å². The summed E-state index contributed by atoms with van der Waals surface area (Å²) in [5.74, 6) is 0. The lowest BCUT2D eigenvalue weighted by molar-refractivity contribution is 0.194. The fourth-order valence-electron chi connectivity index (χ4n) is 2.36. The van der Waals surface area contributed by atoms with Gasteiger partial charge in [-0.05, 0) is 12.8 Å². The molecule has 0 radical (unpaired) electrons. The molecule has 2 heterocycles. The van der Waals surface area contributed by atoms with Gasteiger partial charge < -0.3 is 15.0 Å². The highest BCUT2D eigenvalue weighted by molar-refractivity contribution is 5.79. The standard InChI is InChI=1S/C13H14N4O5/c18-10-5-8-9(6-16(10)7-1-2-7)11(19)15-17(12(8)20)4-3-14-13(21)22/h5-7,14H,1-4H2,(H,15,19)(H,21,22). The van der Waals surface area contributed by atoms with E-state index in [2.05, 4.69) is 10.4 Å². The molecule has 9 heteroatoms. The largest absolute Gasteiger partial charge is 0.465 e. The molecule has 1 aliphatic carbocycles. The van der Waals surface area contributed by atoms with Crippen molar-refractivity contribution in [1.82, 2.24) is 19.7 Å². The zero-order valence-electron chi connectivity index (χ0n) is 11.5. The van der Waals surface area contributed by atoms with Crippen molar-refractivity contribution in [1.29, 1.82) is 0 Å². The second kappa shape index (κ2) is 5.17. The monoisotopic (exact) mass is 306 g/mol. The predicted octanol–water partition coefficient (Wildman–Crippen LogP) is -0.546. The highest BCUT2D eigenvalue weighted by Crippen LogP contribution is 2.33. The van der Waals surface area contributed by atoms with E-state index in [1.165, 1.54) is 16.8 Å². The first-order chi connectivity index (χ1) is 10.5. The van der Waals surface area contributed by atoms with Crippen LogP contribution < -0.4 is 22.0 Å². The molecule has 0 unspecified atom stereocenters. The number of rotatable bonds is 4. The normalized spacial score (nSPS) is 14.2. The number of fused-ring (bicyclic) bond motifs is 1. The summed E-state index contributed by atoms with van der Waals surface area (Å²) in [6, 6.07) is 1.28. The maximum atomic E-state index is 12.3. The summed E-state index contributed by atoms with van der Waals surface area (Å²) in [6.07, 6.45) is 1.99. The second-order valence-corrected chi connectivity index (χ2v) is 5.21. The van der Waals surface area contributed by atoms with E-state index < -0.39 is 17.2 Å². The number of hydrogen-bond acceptors (Lipinski definition) is 4. The van der Waals surface area contributed by atoms with Crippen LogP contribution in [0, 0.1) is 0 Å². The van der Waals surface area contributed by atoms with E-state index in [4.69, 9.17) is 5.11 Å². The van der Waals surface area contributed by atoms with Gasteiger partial charge in [0.2, 0.25) is 0 Å². The van der Waals surface area contributed by atoms with Gasteiger partial charge in [0.05, 0.1) is 17.3 Å². The number of carboxylic acid groups (broad SMARTS) is 1. The lowest BCUT2D eigenvalue weighted by Gasteiger charge is -2.09. The Labute approximate surface area is 122 Å². The van der Waals surface area contributed by atoms with Crippen LogP contribution in [0.2, 0.25) is 0 Å². The number of nitrogens with zero attached hydrogens (tertiary/aromatic N) is 2. The van der Waals surface area contributed by atoms with E-state index in [-0.39, 0.29) is 35.5 Å². The number of amides is 1. The first kappa shape index (κ1) is 14.1. The maximum absolute atomic E-state index is 12.3. The SMILES string of the molecule is O=C(O)NCCn1[nH]c(=O)c2cn(C3CC3)c(=O)cc2c1=O. The van der Waals surface area contributed by atoms with E-state index in [1.54, 1.807) is 0 Å².